The van der Waals surface area contributed by atoms with Crippen molar-refractivity contribution in [2.24, 2.45) is 5.92 Å². The fourth-order valence-corrected chi connectivity index (χ4v) is 2.87. The number of anilines is 1. The van der Waals surface area contributed by atoms with E-state index in [4.69, 9.17) is 0 Å². The topological polar surface area (TPSA) is 44.0 Å². The monoisotopic (exact) mass is 290 g/mol. The Hall–Kier alpha value is -1.62. The molecule has 1 saturated heterocycles. The highest BCUT2D eigenvalue weighted by molar-refractivity contribution is 5.77. The third-order valence-electron chi connectivity index (χ3n) is 4.16. The van der Waals surface area contributed by atoms with Gasteiger partial charge in [0.25, 0.3) is 0 Å². The molecule has 2 N–H and O–H groups in total. The lowest BCUT2D eigenvalue weighted by molar-refractivity contribution is 0.369. The number of nitrogens with zero attached hydrogens (tertiary/aromatic N) is 2. The Morgan fingerprint density at radius 2 is 2.14 bits per heavy atom. The van der Waals surface area contributed by atoms with Gasteiger partial charge >= 0.3 is 0 Å². The summed E-state index contributed by atoms with van der Waals surface area (Å²) in [6, 6.07) is 5.24. The van der Waals surface area contributed by atoms with Crippen LogP contribution in [0.1, 0.15) is 26.7 Å². The Bertz CT molecular complexity index is 599. The first-order chi connectivity index (χ1) is 10.1. The molecule has 0 atom stereocenters. The van der Waals surface area contributed by atoms with E-state index >= 15 is 0 Å². The van der Waals surface area contributed by atoms with Crippen LogP contribution in [-0.2, 0) is 0 Å². The molecule has 3 rings (SSSR count). The van der Waals surface area contributed by atoms with Crippen LogP contribution in [-0.4, -0.2) is 35.6 Å². The summed E-state index contributed by atoms with van der Waals surface area (Å²) in [5.41, 5.74) is 1.60. The molecule has 1 fully saturated rings. The van der Waals surface area contributed by atoms with E-state index in [1.807, 2.05) is 0 Å². The Labute approximate surface area is 124 Å². The van der Waals surface area contributed by atoms with Gasteiger partial charge in [-0.15, -0.1) is 0 Å². The first-order valence-electron chi connectivity index (χ1n) is 7.75. The number of hydrogen-bond donors (Lipinski definition) is 2. The minimum absolute atomic E-state index is 0.226. The summed E-state index contributed by atoms with van der Waals surface area (Å²) in [7, 11) is 0. The smallest absolute Gasteiger partial charge is 0.203 e. The second-order valence-electron chi connectivity index (χ2n) is 6.22. The van der Waals surface area contributed by atoms with Crippen LogP contribution in [0, 0.1) is 11.7 Å². The largest absolute Gasteiger partial charge is 0.342 e. The van der Waals surface area contributed by atoms with Gasteiger partial charge in [0.1, 0.15) is 5.82 Å². The molecule has 1 aromatic carbocycles. The van der Waals surface area contributed by atoms with Crippen molar-refractivity contribution >= 4 is 17.0 Å². The lowest BCUT2D eigenvalue weighted by Crippen LogP contribution is -2.39. The van der Waals surface area contributed by atoms with Crippen LogP contribution in [0.2, 0.25) is 0 Å². The van der Waals surface area contributed by atoms with Gasteiger partial charge in [-0.1, -0.05) is 13.8 Å². The van der Waals surface area contributed by atoms with Gasteiger partial charge in [0.05, 0.1) is 11.0 Å². The van der Waals surface area contributed by atoms with E-state index in [-0.39, 0.29) is 5.82 Å². The van der Waals surface area contributed by atoms with E-state index in [1.165, 1.54) is 25.0 Å². The third kappa shape index (κ3) is 3.35. The zero-order valence-electron chi connectivity index (χ0n) is 12.7. The van der Waals surface area contributed by atoms with Crippen molar-refractivity contribution in [2.45, 2.75) is 32.7 Å². The molecule has 0 spiro atoms. The van der Waals surface area contributed by atoms with E-state index in [1.54, 1.807) is 6.07 Å². The summed E-state index contributed by atoms with van der Waals surface area (Å²) in [6.07, 6.45) is 2.34. The molecule has 0 bridgehead atoms. The van der Waals surface area contributed by atoms with Crippen LogP contribution >= 0.6 is 0 Å². The number of hydrogen-bond acceptors (Lipinski definition) is 3. The number of imidazole rings is 1. The van der Waals surface area contributed by atoms with E-state index < -0.39 is 0 Å². The van der Waals surface area contributed by atoms with Crippen LogP contribution in [0.15, 0.2) is 18.2 Å². The summed E-state index contributed by atoms with van der Waals surface area (Å²) in [5, 5.41) is 3.51. The molecule has 0 amide bonds. The average Bonchev–Trinajstić information content (AvgIpc) is 2.88. The fraction of sp³-hybridized carbons (Fsp3) is 0.562. The Kier molecular flexibility index (Phi) is 4.10. The van der Waals surface area contributed by atoms with Crippen molar-refractivity contribution in [3.8, 4) is 0 Å². The zero-order chi connectivity index (χ0) is 14.8. The second kappa shape index (κ2) is 6.02. The number of halogens is 1. The number of fused-ring (bicyclic) bond motifs is 1. The maximum Gasteiger partial charge on any atom is 0.203 e. The molecule has 0 saturated carbocycles. The Balaban J connectivity index is 1.62. The molecular formula is C16H23FN4. The Morgan fingerprint density at radius 1 is 1.38 bits per heavy atom. The maximum absolute atomic E-state index is 13.2. The van der Waals surface area contributed by atoms with Crippen LogP contribution in [0.4, 0.5) is 10.3 Å². The van der Waals surface area contributed by atoms with Crippen molar-refractivity contribution in [3.05, 3.63) is 24.0 Å². The van der Waals surface area contributed by atoms with E-state index in [0.717, 1.165) is 42.5 Å². The van der Waals surface area contributed by atoms with E-state index in [2.05, 4.69) is 34.0 Å². The highest BCUT2D eigenvalue weighted by Gasteiger charge is 2.21. The van der Waals surface area contributed by atoms with Crippen molar-refractivity contribution in [3.63, 3.8) is 0 Å². The second-order valence-corrected chi connectivity index (χ2v) is 6.22. The predicted octanol–water partition coefficient (Wildman–Crippen LogP) is 2.92. The number of rotatable bonds is 4. The molecule has 0 unspecified atom stereocenters. The quantitative estimate of drug-likeness (QED) is 0.910. The number of H-pyrrole nitrogens is 1. The summed E-state index contributed by atoms with van der Waals surface area (Å²) in [5.74, 6) is 1.38. The van der Waals surface area contributed by atoms with Gasteiger partial charge < -0.3 is 15.2 Å². The van der Waals surface area contributed by atoms with E-state index in [0.29, 0.717) is 6.04 Å². The molecule has 1 aromatic heterocycles. The molecule has 21 heavy (non-hydrogen) atoms. The summed E-state index contributed by atoms with van der Waals surface area (Å²) in [6.45, 7) is 7.47. The van der Waals surface area contributed by atoms with Crippen LogP contribution in [0.25, 0.3) is 11.0 Å². The molecule has 1 aliphatic heterocycles. The SMILES string of the molecule is CC(C)NCC1CCN(c2nc3ccc(F)cc3[nH]2)CC1. The average molecular weight is 290 g/mol. The van der Waals surface area contributed by atoms with Crippen molar-refractivity contribution in [1.29, 1.82) is 0 Å². The van der Waals surface area contributed by atoms with Gasteiger partial charge in [0.2, 0.25) is 5.95 Å². The van der Waals surface area contributed by atoms with Crippen LogP contribution in [0.3, 0.4) is 0 Å². The molecule has 4 nitrogen and oxygen atoms in total. The lowest BCUT2D eigenvalue weighted by atomic mass is 9.97. The molecule has 114 valence electrons. The van der Waals surface area contributed by atoms with Crippen molar-refractivity contribution in [1.82, 2.24) is 15.3 Å². The standard InChI is InChI=1S/C16H23FN4/c1-11(2)18-10-12-5-7-21(8-6-12)16-19-14-4-3-13(17)9-15(14)20-16/h3-4,9,11-12,18H,5-8,10H2,1-2H3,(H,19,20). The van der Waals surface area contributed by atoms with Crippen LogP contribution in [0.5, 0.6) is 0 Å². The summed E-state index contributed by atoms with van der Waals surface area (Å²) in [4.78, 5) is 10.1. The normalized spacial score (nSPS) is 17.0. The molecule has 1 aliphatic rings. The number of piperidine rings is 1. The number of nitrogens with one attached hydrogen (secondary N) is 2. The number of aromatic amines is 1. The molecule has 2 aromatic rings. The molecule has 5 heteroatoms. The maximum atomic E-state index is 13.2. The van der Waals surface area contributed by atoms with Gasteiger partial charge in [0.15, 0.2) is 0 Å². The first kappa shape index (κ1) is 14.3. The number of aromatic nitrogens is 2. The minimum Gasteiger partial charge on any atom is -0.342 e. The van der Waals surface area contributed by atoms with Gasteiger partial charge in [-0.2, -0.15) is 0 Å². The fourth-order valence-electron chi connectivity index (χ4n) is 2.87. The molecule has 0 aliphatic carbocycles. The summed E-state index contributed by atoms with van der Waals surface area (Å²) < 4.78 is 13.2. The number of benzene rings is 1. The predicted molar refractivity (Wildman–Crippen MR) is 84.1 cm³/mol. The van der Waals surface area contributed by atoms with Gasteiger partial charge in [0, 0.05) is 19.1 Å². The summed E-state index contributed by atoms with van der Waals surface area (Å²) >= 11 is 0. The van der Waals surface area contributed by atoms with Crippen molar-refractivity contribution in [2.75, 3.05) is 24.5 Å². The van der Waals surface area contributed by atoms with Gasteiger partial charge in [-0.05, 0) is 43.5 Å². The molecule has 0 radical (unpaired) electrons. The molecular weight excluding hydrogens is 267 g/mol. The third-order valence-corrected chi connectivity index (χ3v) is 4.16. The highest BCUT2D eigenvalue weighted by atomic mass is 19.1. The van der Waals surface area contributed by atoms with Gasteiger partial charge in [-0.25, -0.2) is 9.37 Å². The highest BCUT2D eigenvalue weighted by Crippen LogP contribution is 2.23. The van der Waals surface area contributed by atoms with Crippen molar-refractivity contribution < 1.29 is 4.39 Å². The zero-order valence-corrected chi connectivity index (χ0v) is 12.7. The van der Waals surface area contributed by atoms with Gasteiger partial charge in [-0.3, -0.25) is 0 Å². The van der Waals surface area contributed by atoms with Crippen LogP contribution < -0.4 is 10.2 Å². The molecule has 2 heterocycles. The minimum atomic E-state index is -0.226. The van der Waals surface area contributed by atoms with E-state index in [9.17, 15) is 4.39 Å². The first-order valence-corrected chi connectivity index (χ1v) is 7.75. The lowest BCUT2D eigenvalue weighted by Gasteiger charge is -2.32. The Morgan fingerprint density at radius 3 is 2.86 bits per heavy atom.